The zero-order chi connectivity index (χ0) is 11.5. The van der Waals surface area contributed by atoms with Gasteiger partial charge in [0, 0.05) is 19.2 Å². The van der Waals surface area contributed by atoms with Gasteiger partial charge in [-0.15, -0.1) is 0 Å². The topological polar surface area (TPSA) is 60.9 Å². The summed E-state index contributed by atoms with van der Waals surface area (Å²) in [4.78, 5) is 12.3. The standard InChI is InChI=1S/C12H19N3O/c1-15-11(6-7-14-15)12(16)10-5-3-2-4-9(10)8-13/h6-7,9-10H,2-5,8,13H2,1H3. The Morgan fingerprint density at radius 1 is 1.56 bits per heavy atom. The van der Waals surface area contributed by atoms with E-state index in [1.807, 2.05) is 7.05 Å². The lowest BCUT2D eigenvalue weighted by Crippen LogP contribution is -2.33. The minimum atomic E-state index is 0.106. The van der Waals surface area contributed by atoms with Gasteiger partial charge in [-0.1, -0.05) is 12.8 Å². The van der Waals surface area contributed by atoms with Gasteiger partial charge in [0.25, 0.3) is 0 Å². The maximum atomic E-state index is 12.3. The molecule has 4 nitrogen and oxygen atoms in total. The number of carbonyl (C=O) groups excluding carboxylic acids is 1. The molecule has 1 aromatic heterocycles. The summed E-state index contributed by atoms with van der Waals surface area (Å²) in [6, 6.07) is 1.80. The third-order valence-electron chi connectivity index (χ3n) is 3.62. The third-order valence-corrected chi connectivity index (χ3v) is 3.62. The van der Waals surface area contributed by atoms with Crippen LogP contribution in [0.4, 0.5) is 0 Å². The molecule has 2 rings (SSSR count). The van der Waals surface area contributed by atoms with Crippen LogP contribution in [-0.4, -0.2) is 22.1 Å². The first-order valence-corrected chi connectivity index (χ1v) is 5.96. The molecular formula is C12H19N3O. The zero-order valence-corrected chi connectivity index (χ0v) is 9.72. The average Bonchev–Trinajstić information content (AvgIpc) is 2.74. The number of Topliss-reactive ketones (excluding diaryl/α,β-unsaturated/α-hetero) is 1. The molecule has 0 aliphatic heterocycles. The molecule has 0 saturated heterocycles. The molecule has 0 bridgehead atoms. The molecule has 1 aliphatic rings. The van der Waals surface area contributed by atoms with E-state index in [0.717, 1.165) is 19.3 Å². The van der Waals surface area contributed by atoms with Crippen molar-refractivity contribution in [1.82, 2.24) is 9.78 Å². The van der Waals surface area contributed by atoms with Crippen molar-refractivity contribution in [3.63, 3.8) is 0 Å². The van der Waals surface area contributed by atoms with Crippen LogP contribution in [0.2, 0.25) is 0 Å². The van der Waals surface area contributed by atoms with Crippen molar-refractivity contribution in [3.8, 4) is 0 Å². The van der Waals surface area contributed by atoms with E-state index in [2.05, 4.69) is 5.10 Å². The number of rotatable bonds is 3. The predicted molar refractivity (Wildman–Crippen MR) is 62.0 cm³/mol. The molecule has 1 heterocycles. The van der Waals surface area contributed by atoms with Crippen molar-refractivity contribution in [3.05, 3.63) is 18.0 Å². The fourth-order valence-corrected chi connectivity index (χ4v) is 2.64. The van der Waals surface area contributed by atoms with Crippen LogP contribution < -0.4 is 5.73 Å². The molecule has 1 saturated carbocycles. The fraction of sp³-hybridized carbons (Fsp3) is 0.667. The van der Waals surface area contributed by atoms with Crippen LogP contribution in [0, 0.1) is 11.8 Å². The maximum absolute atomic E-state index is 12.3. The largest absolute Gasteiger partial charge is 0.330 e. The summed E-state index contributed by atoms with van der Waals surface area (Å²) in [5.74, 6) is 0.681. The van der Waals surface area contributed by atoms with Crippen molar-refractivity contribution in [1.29, 1.82) is 0 Å². The predicted octanol–water partition coefficient (Wildman–Crippen LogP) is 1.37. The molecule has 1 fully saturated rings. The van der Waals surface area contributed by atoms with Crippen LogP contribution in [0.1, 0.15) is 36.2 Å². The Hall–Kier alpha value is -1.16. The minimum absolute atomic E-state index is 0.106. The minimum Gasteiger partial charge on any atom is -0.330 e. The van der Waals surface area contributed by atoms with Crippen LogP contribution >= 0.6 is 0 Å². The molecule has 2 atom stereocenters. The first-order valence-electron chi connectivity index (χ1n) is 5.96. The molecule has 4 heteroatoms. The normalized spacial score (nSPS) is 25.6. The highest BCUT2D eigenvalue weighted by atomic mass is 16.1. The first-order chi connectivity index (χ1) is 7.74. The van der Waals surface area contributed by atoms with E-state index < -0.39 is 0 Å². The Morgan fingerprint density at radius 3 is 2.94 bits per heavy atom. The second-order valence-corrected chi connectivity index (χ2v) is 4.59. The molecule has 2 unspecified atom stereocenters. The molecule has 0 aromatic carbocycles. The Kier molecular flexibility index (Phi) is 3.39. The van der Waals surface area contributed by atoms with Crippen molar-refractivity contribution in [2.75, 3.05) is 6.54 Å². The van der Waals surface area contributed by atoms with Crippen LogP contribution in [0.25, 0.3) is 0 Å². The van der Waals surface area contributed by atoms with Gasteiger partial charge in [-0.05, 0) is 31.4 Å². The Balaban J connectivity index is 2.17. The van der Waals surface area contributed by atoms with E-state index in [9.17, 15) is 4.79 Å². The number of hydrogen-bond acceptors (Lipinski definition) is 3. The van der Waals surface area contributed by atoms with Crippen LogP contribution in [0.5, 0.6) is 0 Å². The molecule has 0 amide bonds. The van der Waals surface area contributed by atoms with E-state index in [0.29, 0.717) is 18.2 Å². The molecular weight excluding hydrogens is 202 g/mol. The molecule has 1 aliphatic carbocycles. The van der Waals surface area contributed by atoms with Gasteiger partial charge in [0.05, 0.1) is 0 Å². The summed E-state index contributed by atoms with van der Waals surface area (Å²) >= 11 is 0. The molecule has 1 aromatic rings. The van der Waals surface area contributed by atoms with Crippen LogP contribution in [0.3, 0.4) is 0 Å². The SMILES string of the molecule is Cn1nccc1C(=O)C1CCCCC1CN. The van der Waals surface area contributed by atoms with E-state index in [1.165, 1.54) is 6.42 Å². The number of aromatic nitrogens is 2. The van der Waals surface area contributed by atoms with E-state index in [1.54, 1.807) is 16.9 Å². The van der Waals surface area contributed by atoms with E-state index >= 15 is 0 Å². The molecule has 0 spiro atoms. The van der Waals surface area contributed by atoms with Crippen molar-refractivity contribution >= 4 is 5.78 Å². The number of ketones is 1. The fourth-order valence-electron chi connectivity index (χ4n) is 2.64. The summed E-state index contributed by atoms with van der Waals surface area (Å²) in [5, 5.41) is 4.05. The summed E-state index contributed by atoms with van der Waals surface area (Å²) in [5.41, 5.74) is 6.46. The van der Waals surface area contributed by atoms with Gasteiger partial charge in [-0.3, -0.25) is 9.48 Å². The van der Waals surface area contributed by atoms with Crippen molar-refractivity contribution in [2.45, 2.75) is 25.7 Å². The second-order valence-electron chi connectivity index (χ2n) is 4.59. The lowest BCUT2D eigenvalue weighted by Gasteiger charge is -2.29. The van der Waals surface area contributed by atoms with Gasteiger partial charge in [-0.25, -0.2) is 0 Å². The van der Waals surface area contributed by atoms with Gasteiger partial charge in [0.1, 0.15) is 5.69 Å². The van der Waals surface area contributed by atoms with Crippen molar-refractivity contribution < 1.29 is 4.79 Å². The van der Waals surface area contributed by atoms with Gasteiger partial charge < -0.3 is 5.73 Å². The smallest absolute Gasteiger partial charge is 0.184 e. The lowest BCUT2D eigenvalue weighted by atomic mass is 9.76. The number of nitrogens with zero attached hydrogens (tertiary/aromatic N) is 2. The van der Waals surface area contributed by atoms with Gasteiger partial charge in [0.15, 0.2) is 5.78 Å². The van der Waals surface area contributed by atoms with Crippen LogP contribution in [0.15, 0.2) is 12.3 Å². The molecule has 2 N–H and O–H groups in total. The van der Waals surface area contributed by atoms with Gasteiger partial charge in [-0.2, -0.15) is 5.10 Å². The molecule has 0 radical (unpaired) electrons. The van der Waals surface area contributed by atoms with E-state index in [-0.39, 0.29) is 11.7 Å². The molecule has 88 valence electrons. The van der Waals surface area contributed by atoms with E-state index in [4.69, 9.17) is 5.73 Å². The number of hydrogen-bond donors (Lipinski definition) is 1. The maximum Gasteiger partial charge on any atom is 0.184 e. The highest BCUT2D eigenvalue weighted by Crippen LogP contribution is 2.31. The quantitative estimate of drug-likeness (QED) is 0.784. The zero-order valence-electron chi connectivity index (χ0n) is 9.72. The van der Waals surface area contributed by atoms with Gasteiger partial charge in [0.2, 0.25) is 0 Å². The highest BCUT2D eigenvalue weighted by Gasteiger charge is 2.31. The Bertz CT molecular complexity index is 372. The van der Waals surface area contributed by atoms with Crippen LogP contribution in [-0.2, 0) is 7.05 Å². The molecule has 16 heavy (non-hydrogen) atoms. The van der Waals surface area contributed by atoms with Gasteiger partial charge >= 0.3 is 0 Å². The lowest BCUT2D eigenvalue weighted by molar-refractivity contribution is 0.0819. The number of aryl methyl sites for hydroxylation is 1. The summed E-state index contributed by atoms with van der Waals surface area (Å²) in [6.45, 7) is 0.619. The van der Waals surface area contributed by atoms with Crippen molar-refractivity contribution in [2.24, 2.45) is 24.6 Å². The monoisotopic (exact) mass is 221 g/mol. The Morgan fingerprint density at radius 2 is 2.31 bits per heavy atom. The second kappa shape index (κ2) is 4.78. The average molecular weight is 221 g/mol. The highest BCUT2D eigenvalue weighted by molar-refractivity contribution is 5.96. The summed E-state index contributed by atoms with van der Waals surface area (Å²) < 4.78 is 1.66. The number of carbonyl (C=O) groups is 1. The number of nitrogens with two attached hydrogens (primary N) is 1. The third kappa shape index (κ3) is 2.02. The Labute approximate surface area is 95.8 Å². The first kappa shape index (κ1) is 11.3. The summed E-state index contributed by atoms with van der Waals surface area (Å²) in [6.07, 6.45) is 6.09. The summed E-state index contributed by atoms with van der Waals surface area (Å²) in [7, 11) is 1.81.